The van der Waals surface area contributed by atoms with Crippen molar-refractivity contribution in [1.29, 1.82) is 0 Å². The van der Waals surface area contributed by atoms with Crippen molar-refractivity contribution in [2.75, 3.05) is 0 Å². The van der Waals surface area contributed by atoms with Crippen LogP contribution in [0.4, 0.5) is 11.4 Å². The average molecular weight is 427 g/mol. The molecule has 152 valence electrons. The van der Waals surface area contributed by atoms with Gasteiger partial charge in [-0.05, 0) is 42.5 Å². The number of benzene rings is 4. The van der Waals surface area contributed by atoms with Gasteiger partial charge in [0.05, 0.1) is 17.1 Å². The van der Waals surface area contributed by atoms with Gasteiger partial charge in [0.1, 0.15) is 11.5 Å². The zero-order chi connectivity index (χ0) is 21.6. The van der Waals surface area contributed by atoms with Gasteiger partial charge in [0.15, 0.2) is 0 Å². The zero-order valence-electron chi connectivity index (χ0n) is 16.5. The number of phenols is 2. The molecule has 0 fully saturated rings. The fourth-order valence-corrected chi connectivity index (χ4v) is 3.27. The summed E-state index contributed by atoms with van der Waals surface area (Å²) in [7, 11) is 0. The number of rotatable bonds is 5. The first-order valence-corrected chi connectivity index (χ1v) is 10.0. The van der Waals surface area contributed by atoms with E-state index < -0.39 is 0 Å². The minimum absolute atomic E-state index is 0.0854. The van der Waals surface area contributed by atoms with Crippen molar-refractivity contribution < 1.29 is 10.2 Å². The molecule has 4 nitrogen and oxygen atoms in total. The molecule has 0 aliphatic carbocycles. The lowest BCUT2D eigenvalue weighted by atomic mass is 10.0. The maximum Gasteiger partial charge on any atom is 0.125 e. The van der Waals surface area contributed by atoms with Crippen LogP contribution in [0.1, 0.15) is 16.7 Å². The number of nitrogens with zero attached hydrogens (tertiary/aromatic N) is 2. The Morgan fingerprint density at radius 3 is 2.16 bits per heavy atom. The molecule has 0 atom stereocenters. The first kappa shape index (κ1) is 20.4. The molecule has 0 saturated heterocycles. The standard InChI is InChI=1S/C26H19ClN2O2/c27-20-14-15-25(31)21(16-20)26(18-8-2-1-3-9-18)29-23-12-6-5-11-22(23)28-17-19-10-4-7-13-24(19)30/h1-17,30-31H. The minimum Gasteiger partial charge on any atom is -0.507 e. The molecule has 0 bridgehead atoms. The van der Waals surface area contributed by atoms with Crippen LogP contribution in [0.5, 0.6) is 11.5 Å². The highest BCUT2D eigenvalue weighted by Crippen LogP contribution is 2.32. The van der Waals surface area contributed by atoms with Gasteiger partial charge >= 0.3 is 0 Å². The summed E-state index contributed by atoms with van der Waals surface area (Å²) in [6.07, 6.45) is 1.60. The highest BCUT2D eigenvalue weighted by molar-refractivity contribution is 6.31. The van der Waals surface area contributed by atoms with E-state index in [9.17, 15) is 10.2 Å². The Hall–Kier alpha value is -3.89. The maximum atomic E-state index is 10.5. The predicted octanol–water partition coefficient (Wildman–Crippen LogP) is 6.67. The quantitative estimate of drug-likeness (QED) is 0.350. The Kier molecular flexibility index (Phi) is 6.11. The van der Waals surface area contributed by atoms with E-state index in [0.29, 0.717) is 33.2 Å². The molecular weight excluding hydrogens is 408 g/mol. The van der Waals surface area contributed by atoms with Gasteiger partial charge in [0.25, 0.3) is 0 Å². The van der Waals surface area contributed by atoms with E-state index in [-0.39, 0.29) is 11.5 Å². The van der Waals surface area contributed by atoms with Crippen LogP contribution in [-0.4, -0.2) is 22.1 Å². The Morgan fingerprint density at radius 2 is 1.39 bits per heavy atom. The third-order valence-corrected chi connectivity index (χ3v) is 4.89. The molecule has 0 saturated carbocycles. The molecule has 2 N–H and O–H groups in total. The predicted molar refractivity (Wildman–Crippen MR) is 127 cm³/mol. The fraction of sp³-hybridized carbons (Fsp3) is 0. The van der Waals surface area contributed by atoms with E-state index in [1.165, 1.54) is 0 Å². The van der Waals surface area contributed by atoms with Crippen molar-refractivity contribution >= 4 is 34.9 Å². The molecule has 0 heterocycles. The van der Waals surface area contributed by atoms with Crippen molar-refractivity contribution in [3.05, 3.63) is 119 Å². The smallest absolute Gasteiger partial charge is 0.125 e. The van der Waals surface area contributed by atoms with Crippen molar-refractivity contribution in [1.82, 2.24) is 0 Å². The molecule has 0 aliphatic heterocycles. The Bertz CT molecular complexity index is 1270. The molecule has 5 heteroatoms. The second-order valence-electron chi connectivity index (χ2n) is 6.79. The first-order valence-electron chi connectivity index (χ1n) is 9.66. The summed E-state index contributed by atoms with van der Waals surface area (Å²) in [5.41, 5.74) is 3.79. The number of aliphatic imine (C=N–C) groups is 2. The average Bonchev–Trinajstić information content (AvgIpc) is 2.80. The van der Waals surface area contributed by atoms with Crippen LogP contribution in [-0.2, 0) is 0 Å². The molecular formula is C26H19ClN2O2. The largest absolute Gasteiger partial charge is 0.507 e. The fourth-order valence-electron chi connectivity index (χ4n) is 3.10. The maximum absolute atomic E-state index is 10.5. The van der Waals surface area contributed by atoms with E-state index >= 15 is 0 Å². The second-order valence-corrected chi connectivity index (χ2v) is 7.23. The van der Waals surface area contributed by atoms with Gasteiger partial charge in [-0.3, -0.25) is 4.99 Å². The van der Waals surface area contributed by atoms with Gasteiger partial charge in [-0.25, -0.2) is 4.99 Å². The Balaban J connectivity index is 1.84. The van der Waals surface area contributed by atoms with Crippen LogP contribution < -0.4 is 0 Å². The van der Waals surface area contributed by atoms with Gasteiger partial charge in [0, 0.05) is 27.9 Å². The topological polar surface area (TPSA) is 65.2 Å². The molecule has 0 unspecified atom stereocenters. The normalized spacial score (nSPS) is 11.7. The van der Waals surface area contributed by atoms with Crippen molar-refractivity contribution in [2.24, 2.45) is 9.98 Å². The number of aromatic hydroxyl groups is 2. The summed E-state index contributed by atoms with van der Waals surface area (Å²) in [6, 6.07) is 28.9. The lowest BCUT2D eigenvalue weighted by Crippen LogP contribution is -2.03. The van der Waals surface area contributed by atoms with Crippen LogP contribution in [0.2, 0.25) is 5.02 Å². The van der Waals surface area contributed by atoms with Crippen LogP contribution in [0.15, 0.2) is 107 Å². The van der Waals surface area contributed by atoms with Crippen molar-refractivity contribution in [3.8, 4) is 11.5 Å². The van der Waals surface area contributed by atoms with Crippen LogP contribution in [0.3, 0.4) is 0 Å². The summed E-state index contributed by atoms with van der Waals surface area (Å²) < 4.78 is 0. The van der Waals surface area contributed by atoms with E-state index in [2.05, 4.69) is 4.99 Å². The zero-order valence-corrected chi connectivity index (χ0v) is 17.2. The van der Waals surface area contributed by atoms with E-state index in [0.717, 1.165) is 5.56 Å². The van der Waals surface area contributed by atoms with Gasteiger partial charge in [-0.2, -0.15) is 0 Å². The highest BCUT2D eigenvalue weighted by atomic mass is 35.5. The number of phenolic OH excluding ortho intramolecular Hbond substituents is 2. The van der Waals surface area contributed by atoms with Gasteiger partial charge in [-0.1, -0.05) is 66.2 Å². The molecule has 0 aliphatic rings. The van der Waals surface area contributed by atoms with Gasteiger partial charge in [-0.15, -0.1) is 0 Å². The first-order chi connectivity index (χ1) is 15.1. The number of hydrogen-bond acceptors (Lipinski definition) is 4. The Morgan fingerprint density at radius 1 is 0.710 bits per heavy atom. The SMILES string of the molecule is Oc1ccccc1C=Nc1ccccc1N=C(c1ccccc1)c1cc(Cl)ccc1O. The summed E-state index contributed by atoms with van der Waals surface area (Å²) in [5.74, 6) is 0.239. The van der Waals surface area contributed by atoms with Crippen molar-refractivity contribution in [2.45, 2.75) is 0 Å². The molecule has 0 radical (unpaired) electrons. The number of halogens is 1. The summed E-state index contributed by atoms with van der Waals surface area (Å²) in [5, 5.41) is 21.0. The second kappa shape index (κ2) is 9.28. The number of hydrogen-bond donors (Lipinski definition) is 2. The Labute approximate surface area is 185 Å². The van der Waals surface area contributed by atoms with Gasteiger partial charge in [0.2, 0.25) is 0 Å². The van der Waals surface area contributed by atoms with Gasteiger partial charge < -0.3 is 10.2 Å². The molecule has 4 rings (SSSR count). The monoisotopic (exact) mass is 426 g/mol. The lowest BCUT2D eigenvalue weighted by Gasteiger charge is -2.11. The molecule has 4 aromatic carbocycles. The molecule has 31 heavy (non-hydrogen) atoms. The van der Waals surface area contributed by atoms with Crippen molar-refractivity contribution in [3.63, 3.8) is 0 Å². The van der Waals surface area contributed by atoms with Crippen LogP contribution >= 0.6 is 11.6 Å². The minimum atomic E-state index is 0.0854. The summed E-state index contributed by atoms with van der Waals surface area (Å²) in [4.78, 5) is 9.39. The van der Waals surface area contributed by atoms with E-state index in [4.69, 9.17) is 16.6 Å². The third-order valence-electron chi connectivity index (χ3n) is 4.65. The summed E-state index contributed by atoms with van der Waals surface area (Å²) in [6.45, 7) is 0. The highest BCUT2D eigenvalue weighted by Gasteiger charge is 2.13. The lowest BCUT2D eigenvalue weighted by molar-refractivity contribution is 0.474. The van der Waals surface area contributed by atoms with Crippen LogP contribution in [0.25, 0.3) is 0 Å². The molecule has 4 aromatic rings. The molecule has 0 spiro atoms. The molecule has 0 amide bonds. The van der Waals surface area contributed by atoms with E-state index in [1.807, 2.05) is 60.7 Å². The third kappa shape index (κ3) is 4.82. The number of para-hydroxylation sites is 3. The summed E-state index contributed by atoms with van der Waals surface area (Å²) >= 11 is 6.20. The molecule has 0 aromatic heterocycles. The van der Waals surface area contributed by atoms with E-state index in [1.54, 1.807) is 42.6 Å². The van der Waals surface area contributed by atoms with Crippen LogP contribution in [0, 0.1) is 0 Å².